The second-order valence-corrected chi connectivity index (χ2v) is 4.53. The molecule has 0 N–H and O–H groups in total. The quantitative estimate of drug-likeness (QED) is 0.802. The van der Waals surface area contributed by atoms with E-state index in [0.717, 1.165) is 16.0 Å². The lowest BCUT2D eigenvalue weighted by atomic mass is 10.1. The van der Waals surface area contributed by atoms with E-state index in [2.05, 4.69) is 0 Å². The Morgan fingerprint density at radius 2 is 2.05 bits per heavy atom. The minimum absolute atomic E-state index is 0.0509. The maximum absolute atomic E-state index is 12.5. The maximum Gasteiger partial charge on any atom is 0.471 e. The summed E-state index contributed by atoms with van der Waals surface area (Å²) in [4.78, 5) is 12.1. The van der Waals surface area contributed by atoms with Gasteiger partial charge in [0, 0.05) is 17.8 Å². The standard InChI is InChI=1S/C14H10F3NO2/c15-14(16,17)13(19)18-6-5-9-8-10(3-4-11(9)18)12-2-1-7-20-12/h1-4,7-8H,5-6H2. The van der Waals surface area contributed by atoms with Crippen molar-refractivity contribution in [1.29, 1.82) is 0 Å². The molecule has 1 amide bonds. The summed E-state index contributed by atoms with van der Waals surface area (Å²) < 4.78 is 42.7. The van der Waals surface area contributed by atoms with Gasteiger partial charge in [0.05, 0.1) is 6.26 Å². The second kappa shape index (κ2) is 4.40. The van der Waals surface area contributed by atoms with Crippen molar-refractivity contribution in [2.45, 2.75) is 12.6 Å². The van der Waals surface area contributed by atoms with Crippen LogP contribution in [0.25, 0.3) is 11.3 Å². The van der Waals surface area contributed by atoms with Crippen molar-refractivity contribution in [3.63, 3.8) is 0 Å². The van der Waals surface area contributed by atoms with E-state index in [1.807, 2.05) is 0 Å². The van der Waals surface area contributed by atoms with Crippen LogP contribution in [0.1, 0.15) is 5.56 Å². The molecule has 2 aromatic rings. The van der Waals surface area contributed by atoms with Crippen molar-refractivity contribution in [3.8, 4) is 11.3 Å². The second-order valence-electron chi connectivity index (χ2n) is 4.53. The Bertz CT molecular complexity index is 647. The number of alkyl halides is 3. The lowest BCUT2D eigenvalue weighted by Gasteiger charge is -2.18. The summed E-state index contributed by atoms with van der Waals surface area (Å²) in [5.74, 6) is -1.17. The average Bonchev–Trinajstić information content (AvgIpc) is 3.05. The molecule has 3 nitrogen and oxygen atoms in total. The summed E-state index contributed by atoms with van der Waals surface area (Å²) in [6.45, 7) is 0.0509. The highest BCUT2D eigenvalue weighted by atomic mass is 19.4. The summed E-state index contributed by atoms with van der Waals surface area (Å²) in [5, 5.41) is 0. The normalized spacial score (nSPS) is 14.4. The van der Waals surface area contributed by atoms with Gasteiger partial charge in [-0.05, 0) is 42.3 Å². The van der Waals surface area contributed by atoms with Crippen molar-refractivity contribution in [1.82, 2.24) is 0 Å². The zero-order valence-corrected chi connectivity index (χ0v) is 10.3. The monoisotopic (exact) mass is 281 g/mol. The van der Waals surface area contributed by atoms with Crippen molar-refractivity contribution in [2.75, 3.05) is 11.4 Å². The number of halogens is 3. The third-order valence-electron chi connectivity index (χ3n) is 3.27. The van der Waals surface area contributed by atoms with E-state index in [4.69, 9.17) is 4.42 Å². The number of furan rings is 1. The zero-order valence-electron chi connectivity index (χ0n) is 10.3. The number of benzene rings is 1. The fourth-order valence-electron chi connectivity index (χ4n) is 2.36. The van der Waals surface area contributed by atoms with Crippen LogP contribution in [-0.2, 0) is 11.2 Å². The van der Waals surface area contributed by atoms with Gasteiger partial charge in [-0.3, -0.25) is 4.79 Å². The number of amides is 1. The summed E-state index contributed by atoms with van der Waals surface area (Å²) in [7, 11) is 0. The average molecular weight is 281 g/mol. The molecule has 20 heavy (non-hydrogen) atoms. The Balaban J connectivity index is 1.95. The van der Waals surface area contributed by atoms with Gasteiger partial charge in [-0.25, -0.2) is 0 Å². The summed E-state index contributed by atoms with van der Waals surface area (Å²) in [5.41, 5.74) is 1.83. The topological polar surface area (TPSA) is 33.5 Å². The van der Waals surface area contributed by atoms with Crippen LogP contribution >= 0.6 is 0 Å². The molecule has 104 valence electrons. The highest BCUT2D eigenvalue weighted by molar-refractivity contribution is 5.99. The molecule has 0 aliphatic carbocycles. The summed E-state index contributed by atoms with van der Waals surface area (Å²) >= 11 is 0. The van der Waals surface area contributed by atoms with Crippen LogP contribution in [0.2, 0.25) is 0 Å². The van der Waals surface area contributed by atoms with E-state index in [-0.39, 0.29) is 6.54 Å². The van der Waals surface area contributed by atoms with Gasteiger partial charge in [0.25, 0.3) is 0 Å². The summed E-state index contributed by atoms with van der Waals surface area (Å²) in [6, 6.07) is 8.46. The number of nitrogens with zero attached hydrogens (tertiary/aromatic N) is 1. The lowest BCUT2D eigenvalue weighted by molar-refractivity contribution is -0.170. The Hall–Kier alpha value is -2.24. The van der Waals surface area contributed by atoms with Gasteiger partial charge < -0.3 is 9.32 Å². The number of carbonyl (C=O) groups is 1. The van der Waals surface area contributed by atoms with Crippen LogP contribution in [0.3, 0.4) is 0 Å². The third-order valence-corrected chi connectivity index (χ3v) is 3.27. The van der Waals surface area contributed by atoms with Crippen molar-refractivity contribution >= 4 is 11.6 Å². The van der Waals surface area contributed by atoms with Gasteiger partial charge in [0.15, 0.2) is 0 Å². The van der Waals surface area contributed by atoms with Crippen molar-refractivity contribution in [3.05, 3.63) is 42.2 Å². The highest BCUT2D eigenvalue weighted by Gasteiger charge is 2.44. The maximum atomic E-state index is 12.5. The van der Waals surface area contributed by atoms with Crippen LogP contribution in [0.5, 0.6) is 0 Å². The first-order chi connectivity index (χ1) is 9.47. The molecule has 1 aliphatic heterocycles. The van der Waals surface area contributed by atoms with Crippen LogP contribution in [0.4, 0.5) is 18.9 Å². The number of rotatable bonds is 1. The Morgan fingerprint density at radius 1 is 1.25 bits per heavy atom. The lowest BCUT2D eigenvalue weighted by Crippen LogP contribution is -2.40. The van der Waals surface area contributed by atoms with Crippen LogP contribution in [0, 0.1) is 0 Å². The van der Waals surface area contributed by atoms with Gasteiger partial charge in [0.2, 0.25) is 0 Å². The molecular formula is C14H10F3NO2. The van der Waals surface area contributed by atoms with Crippen molar-refractivity contribution < 1.29 is 22.4 Å². The van der Waals surface area contributed by atoms with Crippen LogP contribution < -0.4 is 4.90 Å². The SMILES string of the molecule is O=C(N1CCc2cc(-c3ccco3)ccc21)C(F)(F)F. The highest BCUT2D eigenvalue weighted by Crippen LogP contribution is 2.34. The number of carbonyl (C=O) groups excluding carboxylic acids is 1. The molecule has 0 bridgehead atoms. The molecule has 3 rings (SSSR count). The first kappa shape index (κ1) is 12.8. The third kappa shape index (κ3) is 2.07. The Kier molecular flexibility index (Phi) is 2.81. The van der Waals surface area contributed by atoms with Crippen molar-refractivity contribution in [2.24, 2.45) is 0 Å². The zero-order chi connectivity index (χ0) is 14.3. The molecule has 6 heteroatoms. The molecule has 0 fully saturated rings. The smallest absolute Gasteiger partial charge is 0.464 e. The fourth-order valence-corrected chi connectivity index (χ4v) is 2.36. The van der Waals surface area contributed by atoms with E-state index < -0.39 is 12.1 Å². The molecule has 2 heterocycles. The predicted octanol–water partition coefficient (Wildman–Crippen LogP) is 3.40. The number of fused-ring (bicyclic) bond motifs is 1. The fraction of sp³-hybridized carbons (Fsp3) is 0.214. The number of hydrogen-bond donors (Lipinski definition) is 0. The van der Waals surface area contributed by atoms with Gasteiger partial charge >= 0.3 is 12.1 Å². The molecule has 0 unspecified atom stereocenters. The van der Waals surface area contributed by atoms with E-state index in [1.165, 1.54) is 12.3 Å². The van der Waals surface area contributed by atoms with Crippen LogP contribution in [-0.4, -0.2) is 18.6 Å². The molecular weight excluding hydrogens is 271 g/mol. The molecule has 1 aromatic carbocycles. The largest absolute Gasteiger partial charge is 0.471 e. The minimum Gasteiger partial charge on any atom is -0.464 e. The Morgan fingerprint density at radius 3 is 2.70 bits per heavy atom. The molecule has 0 saturated carbocycles. The Labute approximate surface area is 112 Å². The number of anilines is 1. The van der Waals surface area contributed by atoms with Gasteiger partial charge in [-0.15, -0.1) is 0 Å². The molecule has 1 aromatic heterocycles. The molecule has 0 atom stereocenters. The molecule has 0 radical (unpaired) electrons. The summed E-state index contributed by atoms with van der Waals surface area (Å²) in [6.07, 6.45) is -2.91. The van der Waals surface area contributed by atoms with E-state index in [1.54, 1.807) is 24.3 Å². The molecule has 1 aliphatic rings. The van der Waals surface area contributed by atoms with E-state index in [9.17, 15) is 18.0 Å². The van der Waals surface area contributed by atoms with Crippen LogP contribution in [0.15, 0.2) is 41.0 Å². The van der Waals surface area contributed by atoms with E-state index in [0.29, 0.717) is 17.9 Å². The predicted molar refractivity (Wildman–Crippen MR) is 66.3 cm³/mol. The van der Waals surface area contributed by atoms with Gasteiger partial charge in [-0.2, -0.15) is 13.2 Å². The first-order valence-corrected chi connectivity index (χ1v) is 6.02. The number of hydrogen-bond acceptors (Lipinski definition) is 2. The first-order valence-electron chi connectivity index (χ1n) is 6.02. The van der Waals surface area contributed by atoms with E-state index >= 15 is 0 Å². The van der Waals surface area contributed by atoms with Gasteiger partial charge in [0.1, 0.15) is 5.76 Å². The van der Waals surface area contributed by atoms with Gasteiger partial charge in [-0.1, -0.05) is 0 Å². The molecule has 0 saturated heterocycles. The molecule has 0 spiro atoms. The minimum atomic E-state index is -4.85.